The summed E-state index contributed by atoms with van der Waals surface area (Å²) in [4.78, 5) is 29.3. The maximum Gasteiger partial charge on any atom is 0.224 e. The number of anilines is 2. The van der Waals surface area contributed by atoms with Crippen molar-refractivity contribution in [2.75, 3.05) is 45.8 Å². The zero-order valence-electron chi connectivity index (χ0n) is 24.0. The third kappa shape index (κ3) is 4.92. The molecule has 2 aliphatic rings. The zero-order valence-corrected chi connectivity index (χ0v) is 24.0. The lowest BCUT2D eigenvalue weighted by atomic mass is 9.76. The average molecular weight is 559 g/mol. The summed E-state index contributed by atoms with van der Waals surface area (Å²) in [7, 11) is 7.79. The number of carbonyl (C=O) groups excluding carboxylic acids is 2. The first-order valence-corrected chi connectivity index (χ1v) is 13.3. The lowest BCUT2D eigenvalue weighted by Crippen LogP contribution is -2.41. The van der Waals surface area contributed by atoms with Gasteiger partial charge in [0.1, 0.15) is 5.78 Å². The Morgan fingerprint density at radius 3 is 2.05 bits per heavy atom. The number of fused-ring (bicyclic) bond motifs is 2. The zero-order chi connectivity index (χ0) is 29.3. The fourth-order valence-electron chi connectivity index (χ4n) is 5.88. The molecule has 0 bridgehead atoms. The molecule has 214 valence electrons. The number of amides is 1. The number of ketones is 1. The molecule has 3 atom stereocenters. The molecule has 1 amide bonds. The Balaban J connectivity index is 1.72. The number of benzene rings is 3. The molecule has 1 aliphatic carbocycles. The summed E-state index contributed by atoms with van der Waals surface area (Å²) in [5, 5.41) is 3.51. The van der Waals surface area contributed by atoms with Crippen LogP contribution in [0.5, 0.6) is 28.7 Å². The van der Waals surface area contributed by atoms with Crippen LogP contribution in [0, 0.1) is 5.92 Å². The van der Waals surface area contributed by atoms with Crippen molar-refractivity contribution in [3.05, 3.63) is 77.5 Å². The fraction of sp³-hybridized carbons (Fsp3) is 0.312. The fourth-order valence-corrected chi connectivity index (χ4v) is 5.88. The Morgan fingerprint density at radius 2 is 1.44 bits per heavy atom. The summed E-state index contributed by atoms with van der Waals surface area (Å²) in [6.07, 6.45) is 2.33. The van der Waals surface area contributed by atoms with E-state index in [1.807, 2.05) is 42.5 Å². The maximum absolute atomic E-state index is 14.2. The largest absolute Gasteiger partial charge is 0.493 e. The predicted molar refractivity (Wildman–Crippen MR) is 156 cm³/mol. The van der Waals surface area contributed by atoms with Gasteiger partial charge in [0.15, 0.2) is 23.0 Å². The first kappa shape index (κ1) is 27.9. The van der Waals surface area contributed by atoms with Crippen LogP contribution in [0.4, 0.5) is 11.4 Å². The van der Waals surface area contributed by atoms with Gasteiger partial charge in [-0.25, -0.2) is 0 Å². The number of methoxy groups -OCH3 is 5. The van der Waals surface area contributed by atoms with Gasteiger partial charge in [-0.2, -0.15) is 0 Å². The van der Waals surface area contributed by atoms with Crippen LogP contribution in [0.25, 0.3) is 0 Å². The number of hydrogen-bond donors (Lipinski definition) is 1. The Labute approximate surface area is 239 Å². The summed E-state index contributed by atoms with van der Waals surface area (Å²) in [5.41, 5.74) is 3.73. The van der Waals surface area contributed by atoms with Crippen LogP contribution in [0.1, 0.15) is 36.4 Å². The van der Waals surface area contributed by atoms with Crippen molar-refractivity contribution in [2.45, 2.75) is 25.3 Å². The van der Waals surface area contributed by atoms with Gasteiger partial charge in [-0.05, 0) is 47.5 Å². The minimum absolute atomic E-state index is 0.00686. The number of Topliss-reactive ketones (excluding diaryl/α,β-unsaturated/α-hetero) is 1. The standard InChI is InChI=1S/C32H34N2O7/c1-18(35)34-24-10-8-7-9-22(24)33-23-13-20(19-11-12-26(37-2)27(15-19)38-3)14-25(36)30(23)31(34)21-16-28(39-4)32(41-6)29(17-21)40-5/h7-13,15-17,20,30-31,33H,14H2,1-6H3/t20-,30+,31+/m1/s1. The highest BCUT2D eigenvalue weighted by Gasteiger charge is 2.45. The Kier molecular flexibility index (Phi) is 7.79. The quantitative estimate of drug-likeness (QED) is 0.406. The highest BCUT2D eigenvalue weighted by atomic mass is 16.5. The minimum Gasteiger partial charge on any atom is -0.493 e. The van der Waals surface area contributed by atoms with E-state index in [-0.39, 0.29) is 24.0 Å². The van der Waals surface area contributed by atoms with Crippen LogP contribution in [0.2, 0.25) is 0 Å². The third-order valence-electron chi connectivity index (χ3n) is 7.72. The molecule has 1 N–H and O–H groups in total. The number of rotatable bonds is 7. The van der Waals surface area contributed by atoms with E-state index in [1.54, 1.807) is 45.5 Å². The normalized spacial score (nSPS) is 19.6. The van der Waals surface area contributed by atoms with Crippen molar-refractivity contribution >= 4 is 23.1 Å². The smallest absolute Gasteiger partial charge is 0.224 e. The first-order valence-electron chi connectivity index (χ1n) is 13.3. The van der Waals surface area contributed by atoms with E-state index in [2.05, 4.69) is 11.4 Å². The molecule has 9 nitrogen and oxygen atoms in total. The van der Waals surface area contributed by atoms with Crippen molar-refractivity contribution < 1.29 is 33.3 Å². The van der Waals surface area contributed by atoms with Crippen molar-refractivity contribution in [3.8, 4) is 28.7 Å². The highest BCUT2D eigenvalue weighted by molar-refractivity contribution is 6.00. The second kappa shape index (κ2) is 11.4. The van der Waals surface area contributed by atoms with Crippen LogP contribution in [-0.4, -0.2) is 47.2 Å². The van der Waals surface area contributed by atoms with Crippen molar-refractivity contribution in [1.29, 1.82) is 0 Å². The van der Waals surface area contributed by atoms with Crippen molar-refractivity contribution in [1.82, 2.24) is 0 Å². The number of nitrogens with one attached hydrogen (secondary N) is 1. The Bertz CT molecular complexity index is 1490. The van der Waals surface area contributed by atoms with Gasteiger partial charge < -0.3 is 33.9 Å². The number of carbonyl (C=O) groups is 2. The lowest BCUT2D eigenvalue weighted by molar-refractivity contribution is -0.123. The van der Waals surface area contributed by atoms with Gasteiger partial charge in [-0.3, -0.25) is 9.59 Å². The van der Waals surface area contributed by atoms with Crippen molar-refractivity contribution in [2.24, 2.45) is 5.92 Å². The predicted octanol–water partition coefficient (Wildman–Crippen LogP) is 5.51. The second-order valence-corrected chi connectivity index (χ2v) is 9.93. The summed E-state index contributed by atoms with van der Waals surface area (Å²) in [6, 6.07) is 16.2. The number of para-hydroxylation sites is 2. The average Bonchev–Trinajstić information content (AvgIpc) is 3.14. The highest BCUT2D eigenvalue weighted by Crippen LogP contribution is 2.50. The van der Waals surface area contributed by atoms with Gasteiger partial charge in [0.2, 0.25) is 11.7 Å². The number of hydrogen-bond acceptors (Lipinski definition) is 8. The van der Waals surface area contributed by atoms with Crippen LogP contribution in [-0.2, 0) is 9.59 Å². The van der Waals surface area contributed by atoms with Gasteiger partial charge in [-0.15, -0.1) is 0 Å². The molecule has 0 radical (unpaired) electrons. The SMILES string of the molecule is COc1ccc([C@@H]2C=C3Nc4ccccc4N(C(C)=O)[C@@H](c4cc(OC)c(OC)c(OC)c4)[C@@H]3C(=O)C2)cc1OC. The molecule has 0 fully saturated rings. The molecular weight excluding hydrogens is 524 g/mol. The monoisotopic (exact) mass is 558 g/mol. The molecule has 1 aliphatic heterocycles. The van der Waals surface area contributed by atoms with Gasteiger partial charge in [-0.1, -0.05) is 24.3 Å². The molecule has 5 rings (SSSR count). The van der Waals surface area contributed by atoms with Crippen molar-refractivity contribution in [3.63, 3.8) is 0 Å². The molecule has 0 unspecified atom stereocenters. The second-order valence-electron chi connectivity index (χ2n) is 9.93. The Morgan fingerprint density at radius 1 is 0.805 bits per heavy atom. The van der Waals surface area contributed by atoms with Gasteiger partial charge in [0.05, 0.1) is 58.9 Å². The molecule has 3 aromatic carbocycles. The van der Waals surface area contributed by atoms with Crippen LogP contribution < -0.4 is 33.9 Å². The molecule has 41 heavy (non-hydrogen) atoms. The van der Waals surface area contributed by atoms with E-state index in [1.165, 1.54) is 14.0 Å². The number of nitrogens with zero attached hydrogens (tertiary/aromatic N) is 1. The molecule has 0 spiro atoms. The molecule has 9 heteroatoms. The maximum atomic E-state index is 14.2. The van der Waals surface area contributed by atoms with Gasteiger partial charge in [0, 0.05) is 25.0 Å². The summed E-state index contributed by atoms with van der Waals surface area (Å²) in [5.74, 6) is 1.42. The van der Waals surface area contributed by atoms with Crippen LogP contribution in [0.3, 0.4) is 0 Å². The van der Waals surface area contributed by atoms with E-state index in [0.717, 1.165) is 16.9 Å². The molecular formula is C32H34N2O7. The molecule has 0 aromatic heterocycles. The summed E-state index contributed by atoms with van der Waals surface area (Å²) in [6.45, 7) is 1.51. The minimum atomic E-state index is -0.678. The molecule has 1 heterocycles. The van der Waals surface area contributed by atoms with Gasteiger partial charge >= 0.3 is 0 Å². The van der Waals surface area contributed by atoms with E-state index < -0.39 is 12.0 Å². The Hall–Kier alpha value is -4.66. The van der Waals surface area contributed by atoms with E-state index >= 15 is 0 Å². The summed E-state index contributed by atoms with van der Waals surface area (Å²) < 4.78 is 27.7. The summed E-state index contributed by atoms with van der Waals surface area (Å²) >= 11 is 0. The topological polar surface area (TPSA) is 95.6 Å². The van der Waals surface area contributed by atoms with Gasteiger partial charge in [0.25, 0.3) is 0 Å². The van der Waals surface area contributed by atoms with E-state index in [0.29, 0.717) is 40.0 Å². The van der Waals surface area contributed by atoms with Crippen LogP contribution in [0.15, 0.2) is 66.4 Å². The number of ether oxygens (including phenoxy) is 5. The number of allylic oxidation sites excluding steroid dienone is 1. The molecule has 0 saturated heterocycles. The van der Waals surface area contributed by atoms with E-state index in [4.69, 9.17) is 23.7 Å². The first-order chi connectivity index (χ1) is 19.8. The molecule has 3 aromatic rings. The van der Waals surface area contributed by atoms with Crippen LogP contribution >= 0.6 is 0 Å². The molecule has 0 saturated carbocycles. The van der Waals surface area contributed by atoms with E-state index in [9.17, 15) is 9.59 Å². The lowest BCUT2D eigenvalue weighted by Gasteiger charge is -2.37. The third-order valence-corrected chi connectivity index (χ3v) is 7.72.